The molecule has 0 fully saturated rings. The van der Waals surface area contributed by atoms with Gasteiger partial charge >= 0.3 is 0 Å². The fourth-order valence-electron chi connectivity index (χ4n) is 1.40. The maximum Gasteiger partial charge on any atom is 0.196 e. The minimum absolute atomic E-state index is 0.0775. The molecule has 0 radical (unpaired) electrons. The Hall–Kier alpha value is -0.840. The van der Waals surface area contributed by atoms with Crippen molar-refractivity contribution < 1.29 is 4.42 Å². The van der Waals surface area contributed by atoms with Gasteiger partial charge in [-0.05, 0) is 48.6 Å². The summed E-state index contributed by atoms with van der Waals surface area (Å²) in [6, 6.07) is 5.63. The largest absolute Gasteiger partial charge is 0.461 e. The Kier molecular flexibility index (Phi) is 2.34. The first-order valence-corrected chi connectivity index (χ1v) is 5.37. The van der Waals surface area contributed by atoms with Crippen LogP contribution < -0.4 is 5.43 Å². The molecule has 0 spiro atoms. The third-order valence-corrected chi connectivity index (χ3v) is 3.23. The van der Waals surface area contributed by atoms with Gasteiger partial charge in [0.15, 0.2) is 5.43 Å². The maximum absolute atomic E-state index is 11.9. The first-order chi connectivity index (χ1) is 6.61. The molecule has 0 unspecified atom stereocenters. The SMILES string of the molecule is Cc1oc2cccc(I)c2c(=O)c1C. The summed E-state index contributed by atoms with van der Waals surface area (Å²) in [4.78, 5) is 11.9. The molecule has 0 N–H and O–H groups in total. The predicted molar refractivity (Wildman–Crippen MR) is 64.7 cm³/mol. The highest BCUT2D eigenvalue weighted by Gasteiger charge is 2.09. The molecule has 0 aliphatic rings. The highest BCUT2D eigenvalue weighted by Crippen LogP contribution is 2.19. The molecule has 0 bridgehead atoms. The highest BCUT2D eigenvalue weighted by atomic mass is 127. The molecule has 3 heteroatoms. The van der Waals surface area contributed by atoms with Gasteiger partial charge in [-0.1, -0.05) is 6.07 Å². The minimum Gasteiger partial charge on any atom is -0.461 e. The van der Waals surface area contributed by atoms with Crippen molar-refractivity contribution in [1.29, 1.82) is 0 Å². The smallest absolute Gasteiger partial charge is 0.196 e. The van der Waals surface area contributed by atoms with Gasteiger partial charge in [0.1, 0.15) is 11.3 Å². The number of fused-ring (bicyclic) bond motifs is 1. The van der Waals surface area contributed by atoms with Gasteiger partial charge in [-0.3, -0.25) is 4.79 Å². The van der Waals surface area contributed by atoms with Crippen molar-refractivity contribution in [3.63, 3.8) is 0 Å². The fourth-order valence-corrected chi connectivity index (χ4v) is 2.12. The van der Waals surface area contributed by atoms with Crippen molar-refractivity contribution >= 4 is 33.6 Å². The summed E-state index contributed by atoms with van der Waals surface area (Å²) < 4.78 is 6.49. The predicted octanol–water partition coefficient (Wildman–Crippen LogP) is 3.01. The van der Waals surface area contributed by atoms with Gasteiger partial charge in [0, 0.05) is 9.13 Å². The number of halogens is 1. The van der Waals surface area contributed by atoms with E-state index < -0.39 is 0 Å². The van der Waals surface area contributed by atoms with Crippen molar-refractivity contribution in [2.24, 2.45) is 0 Å². The topological polar surface area (TPSA) is 30.2 Å². The minimum atomic E-state index is 0.0775. The zero-order valence-corrected chi connectivity index (χ0v) is 10.1. The summed E-state index contributed by atoms with van der Waals surface area (Å²) in [6.45, 7) is 3.61. The number of hydrogen-bond acceptors (Lipinski definition) is 2. The van der Waals surface area contributed by atoms with Crippen LogP contribution in [0.3, 0.4) is 0 Å². The summed E-state index contributed by atoms with van der Waals surface area (Å²) in [7, 11) is 0. The van der Waals surface area contributed by atoms with Crippen LogP contribution in [0.5, 0.6) is 0 Å². The number of benzene rings is 1. The first kappa shape index (κ1) is 9.71. The molecular formula is C11H9IO2. The zero-order chi connectivity index (χ0) is 10.3. The Labute approximate surface area is 95.1 Å². The highest BCUT2D eigenvalue weighted by molar-refractivity contribution is 14.1. The van der Waals surface area contributed by atoms with Crippen molar-refractivity contribution in [1.82, 2.24) is 0 Å². The summed E-state index contributed by atoms with van der Waals surface area (Å²) in [6.07, 6.45) is 0. The van der Waals surface area contributed by atoms with Crippen LogP contribution in [-0.2, 0) is 0 Å². The number of rotatable bonds is 0. The lowest BCUT2D eigenvalue weighted by Gasteiger charge is -2.03. The van der Waals surface area contributed by atoms with Crippen LogP contribution in [0.25, 0.3) is 11.0 Å². The van der Waals surface area contributed by atoms with Gasteiger partial charge in [0.25, 0.3) is 0 Å². The summed E-state index contributed by atoms with van der Waals surface area (Å²) in [5.41, 5.74) is 1.44. The van der Waals surface area contributed by atoms with E-state index >= 15 is 0 Å². The van der Waals surface area contributed by atoms with Gasteiger partial charge in [0.05, 0.1) is 5.39 Å². The third kappa shape index (κ3) is 1.35. The fraction of sp³-hybridized carbons (Fsp3) is 0.182. The summed E-state index contributed by atoms with van der Waals surface area (Å²) in [5, 5.41) is 0.691. The van der Waals surface area contributed by atoms with E-state index in [0.717, 1.165) is 3.57 Å². The van der Waals surface area contributed by atoms with Crippen LogP contribution in [0.15, 0.2) is 27.4 Å². The van der Waals surface area contributed by atoms with Crippen LogP contribution in [-0.4, -0.2) is 0 Å². The average Bonchev–Trinajstić information content (AvgIpc) is 2.14. The van der Waals surface area contributed by atoms with Crippen LogP contribution in [0, 0.1) is 17.4 Å². The molecule has 2 aromatic rings. The number of aryl methyl sites for hydroxylation is 1. The molecule has 0 aliphatic carbocycles. The van der Waals surface area contributed by atoms with E-state index in [4.69, 9.17) is 4.42 Å². The van der Waals surface area contributed by atoms with Gasteiger partial charge in [-0.25, -0.2) is 0 Å². The molecule has 2 rings (SSSR count). The lowest BCUT2D eigenvalue weighted by molar-refractivity contribution is 0.558. The molecular weight excluding hydrogens is 291 g/mol. The Morgan fingerprint density at radius 2 is 2.00 bits per heavy atom. The molecule has 0 amide bonds. The quantitative estimate of drug-likeness (QED) is 0.700. The second-order valence-electron chi connectivity index (χ2n) is 3.23. The van der Waals surface area contributed by atoms with Crippen molar-refractivity contribution in [2.45, 2.75) is 13.8 Å². The lowest BCUT2D eigenvalue weighted by Crippen LogP contribution is -2.08. The average molecular weight is 300 g/mol. The van der Waals surface area contributed by atoms with Crippen LogP contribution in [0.2, 0.25) is 0 Å². The Balaban J connectivity index is 3.07. The van der Waals surface area contributed by atoms with Crippen LogP contribution in [0.4, 0.5) is 0 Å². The van der Waals surface area contributed by atoms with E-state index in [9.17, 15) is 4.79 Å². The maximum atomic E-state index is 11.9. The Morgan fingerprint density at radius 3 is 2.71 bits per heavy atom. The molecule has 0 saturated carbocycles. The van der Waals surface area contributed by atoms with Crippen molar-refractivity contribution in [2.75, 3.05) is 0 Å². The summed E-state index contributed by atoms with van der Waals surface area (Å²) >= 11 is 2.15. The van der Waals surface area contributed by atoms with Crippen LogP contribution in [0.1, 0.15) is 11.3 Å². The van der Waals surface area contributed by atoms with E-state index in [1.54, 1.807) is 6.92 Å². The normalized spacial score (nSPS) is 10.8. The second-order valence-corrected chi connectivity index (χ2v) is 4.39. The molecule has 0 atom stereocenters. The molecule has 1 aromatic carbocycles. The van der Waals surface area contributed by atoms with E-state index in [0.29, 0.717) is 22.3 Å². The molecule has 14 heavy (non-hydrogen) atoms. The van der Waals surface area contributed by atoms with Crippen molar-refractivity contribution in [3.05, 3.63) is 43.3 Å². The molecule has 2 nitrogen and oxygen atoms in total. The Morgan fingerprint density at radius 1 is 1.29 bits per heavy atom. The Bertz CT molecular complexity index is 555. The third-order valence-electron chi connectivity index (χ3n) is 2.33. The van der Waals surface area contributed by atoms with Crippen LogP contribution >= 0.6 is 22.6 Å². The van der Waals surface area contributed by atoms with Gasteiger partial charge in [0.2, 0.25) is 0 Å². The standard InChI is InChI=1S/C11H9IO2/c1-6-7(2)14-9-5-3-4-8(12)10(9)11(6)13/h3-5H,1-2H3. The van der Waals surface area contributed by atoms with E-state index in [1.165, 1.54) is 0 Å². The zero-order valence-electron chi connectivity index (χ0n) is 7.93. The molecule has 1 heterocycles. The molecule has 72 valence electrons. The van der Waals surface area contributed by atoms with Crippen molar-refractivity contribution in [3.8, 4) is 0 Å². The number of hydrogen-bond donors (Lipinski definition) is 0. The molecule has 0 saturated heterocycles. The molecule has 1 aromatic heterocycles. The van der Waals surface area contributed by atoms with Gasteiger partial charge < -0.3 is 4.42 Å². The van der Waals surface area contributed by atoms with E-state index in [-0.39, 0.29) is 5.43 Å². The summed E-state index contributed by atoms with van der Waals surface area (Å²) in [5.74, 6) is 0.699. The molecule has 0 aliphatic heterocycles. The van der Waals surface area contributed by atoms with E-state index in [2.05, 4.69) is 22.6 Å². The second kappa shape index (κ2) is 3.38. The van der Waals surface area contributed by atoms with Gasteiger partial charge in [-0.2, -0.15) is 0 Å². The first-order valence-electron chi connectivity index (χ1n) is 4.30. The van der Waals surface area contributed by atoms with E-state index in [1.807, 2.05) is 25.1 Å². The monoisotopic (exact) mass is 300 g/mol. The van der Waals surface area contributed by atoms with Gasteiger partial charge in [-0.15, -0.1) is 0 Å². The lowest BCUT2D eigenvalue weighted by atomic mass is 10.1.